The minimum Gasteiger partial charge on any atom is -0.351 e. The second-order valence-electron chi connectivity index (χ2n) is 6.67. The van der Waals surface area contributed by atoms with Gasteiger partial charge in [0.25, 0.3) is 5.91 Å². The topological polar surface area (TPSA) is 96.9 Å². The number of nitrogens with two attached hydrogens (primary N) is 2. The first-order chi connectivity index (χ1) is 12.7. The summed E-state index contributed by atoms with van der Waals surface area (Å²) in [6.45, 7) is 1.07. The summed E-state index contributed by atoms with van der Waals surface area (Å²) in [6.07, 6.45) is 2.55. The van der Waals surface area contributed by atoms with Crippen molar-refractivity contribution in [2.24, 2.45) is 11.5 Å². The normalized spacial score (nSPS) is 12.2. The van der Waals surface area contributed by atoms with E-state index in [4.69, 9.17) is 11.5 Å². The van der Waals surface area contributed by atoms with E-state index >= 15 is 0 Å². The summed E-state index contributed by atoms with van der Waals surface area (Å²) in [4.78, 5) is 15.6. The lowest BCUT2D eigenvalue weighted by Gasteiger charge is -2.11. The Morgan fingerprint density at radius 2 is 1.88 bits per heavy atom. The fourth-order valence-electron chi connectivity index (χ4n) is 3.04. The molecule has 0 spiro atoms. The molecule has 0 aliphatic carbocycles. The third kappa shape index (κ3) is 4.71. The van der Waals surface area contributed by atoms with E-state index in [-0.39, 0.29) is 11.9 Å². The van der Waals surface area contributed by atoms with Gasteiger partial charge in [-0.3, -0.25) is 4.79 Å². The average Bonchev–Trinajstić information content (AvgIpc) is 3.08. The van der Waals surface area contributed by atoms with Gasteiger partial charge < -0.3 is 21.8 Å². The minimum atomic E-state index is -0.131. The number of hydrogen-bond donors (Lipinski definition) is 4. The van der Waals surface area contributed by atoms with Gasteiger partial charge in [0.05, 0.1) is 0 Å². The van der Waals surface area contributed by atoms with E-state index < -0.39 is 0 Å². The van der Waals surface area contributed by atoms with E-state index in [0.717, 1.165) is 30.2 Å². The second kappa shape index (κ2) is 8.65. The number of carbonyl (C=O) groups excluding carboxylic acids is 1. The van der Waals surface area contributed by atoms with Crippen LogP contribution in [0.1, 0.15) is 34.5 Å². The molecule has 0 radical (unpaired) electrons. The molecule has 26 heavy (non-hydrogen) atoms. The monoisotopic (exact) mass is 350 g/mol. The maximum atomic E-state index is 12.3. The minimum absolute atomic E-state index is 0.0654. The predicted octanol–water partition coefficient (Wildman–Crippen LogP) is 2.55. The maximum absolute atomic E-state index is 12.3. The molecule has 0 saturated carbocycles. The van der Waals surface area contributed by atoms with Gasteiger partial charge in [-0.25, -0.2) is 0 Å². The first kappa shape index (κ1) is 18.2. The zero-order valence-corrected chi connectivity index (χ0v) is 14.9. The van der Waals surface area contributed by atoms with E-state index in [2.05, 4.69) is 34.6 Å². The molecular weight excluding hydrogens is 324 g/mol. The van der Waals surface area contributed by atoms with Crippen molar-refractivity contribution in [1.82, 2.24) is 10.3 Å². The summed E-state index contributed by atoms with van der Waals surface area (Å²) < 4.78 is 0. The van der Waals surface area contributed by atoms with E-state index in [0.29, 0.717) is 18.8 Å². The second-order valence-corrected chi connectivity index (χ2v) is 6.67. The van der Waals surface area contributed by atoms with Gasteiger partial charge in [-0.15, -0.1) is 0 Å². The number of aromatic amines is 1. The Morgan fingerprint density at radius 1 is 1.08 bits per heavy atom. The predicted molar refractivity (Wildman–Crippen MR) is 106 cm³/mol. The molecule has 6 N–H and O–H groups in total. The van der Waals surface area contributed by atoms with Crippen molar-refractivity contribution >= 4 is 16.8 Å². The smallest absolute Gasteiger partial charge is 0.267 e. The Labute approximate surface area is 153 Å². The van der Waals surface area contributed by atoms with E-state index in [9.17, 15) is 4.79 Å². The molecule has 0 bridgehead atoms. The Kier molecular flexibility index (Phi) is 6.04. The quantitative estimate of drug-likeness (QED) is 0.503. The highest BCUT2D eigenvalue weighted by Crippen LogP contribution is 2.19. The van der Waals surface area contributed by atoms with Crippen LogP contribution in [0.3, 0.4) is 0 Å². The summed E-state index contributed by atoms with van der Waals surface area (Å²) in [5.41, 5.74) is 15.5. The van der Waals surface area contributed by atoms with E-state index in [1.54, 1.807) is 0 Å². The van der Waals surface area contributed by atoms with Crippen molar-refractivity contribution in [3.05, 3.63) is 71.4 Å². The van der Waals surface area contributed by atoms with Crippen LogP contribution in [0.25, 0.3) is 10.9 Å². The molecule has 5 nitrogen and oxygen atoms in total. The number of rotatable bonds is 8. The van der Waals surface area contributed by atoms with Crippen molar-refractivity contribution in [1.29, 1.82) is 0 Å². The van der Waals surface area contributed by atoms with Gasteiger partial charge in [0.1, 0.15) is 5.69 Å². The average molecular weight is 350 g/mol. The summed E-state index contributed by atoms with van der Waals surface area (Å²) in [5, 5.41) is 3.91. The largest absolute Gasteiger partial charge is 0.351 e. The number of fused-ring (bicyclic) bond motifs is 1. The number of H-pyrrole nitrogens is 1. The van der Waals surface area contributed by atoms with Crippen molar-refractivity contribution < 1.29 is 4.79 Å². The molecule has 3 aromatic rings. The molecule has 3 rings (SSSR count). The number of amides is 1. The number of carbonyl (C=O) groups is 1. The molecule has 5 heteroatoms. The number of aromatic nitrogens is 1. The molecule has 1 unspecified atom stereocenters. The zero-order valence-electron chi connectivity index (χ0n) is 14.9. The highest BCUT2D eigenvalue weighted by molar-refractivity contribution is 5.98. The van der Waals surface area contributed by atoms with Gasteiger partial charge in [-0.2, -0.15) is 0 Å². The number of hydrogen-bond acceptors (Lipinski definition) is 3. The fourth-order valence-corrected chi connectivity index (χ4v) is 3.04. The summed E-state index contributed by atoms with van der Waals surface area (Å²) in [7, 11) is 0. The van der Waals surface area contributed by atoms with Gasteiger partial charge in [-0.1, -0.05) is 42.5 Å². The van der Waals surface area contributed by atoms with Gasteiger partial charge in [0.15, 0.2) is 0 Å². The van der Waals surface area contributed by atoms with Crippen LogP contribution in [-0.4, -0.2) is 30.0 Å². The molecule has 0 aliphatic heterocycles. The number of nitrogens with one attached hydrogen (secondary N) is 2. The summed E-state index contributed by atoms with van der Waals surface area (Å²) in [5.74, 6) is -0.131. The first-order valence-corrected chi connectivity index (χ1v) is 9.05. The van der Waals surface area contributed by atoms with Gasteiger partial charge in [0, 0.05) is 23.5 Å². The highest BCUT2D eigenvalue weighted by atomic mass is 16.1. The molecular formula is C21H26N4O. The molecule has 0 fully saturated rings. The van der Waals surface area contributed by atoms with Gasteiger partial charge >= 0.3 is 0 Å². The van der Waals surface area contributed by atoms with Crippen LogP contribution in [0.15, 0.2) is 54.6 Å². The van der Waals surface area contributed by atoms with Crippen molar-refractivity contribution in [3.8, 4) is 0 Å². The Morgan fingerprint density at radius 3 is 2.65 bits per heavy atom. The van der Waals surface area contributed by atoms with Crippen LogP contribution in [0.5, 0.6) is 0 Å². The third-order valence-electron chi connectivity index (χ3n) is 4.49. The van der Waals surface area contributed by atoms with Crippen LogP contribution < -0.4 is 16.8 Å². The van der Waals surface area contributed by atoms with Crippen molar-refractivity contribution in [3.63, 3.8) is 0 Å². The van der Waals surface area contributed by atoms with Crippen molar-refractivity contribution in [2.75, 3.05) is 13.1 Å². The molecule has 1 aromatic heterocycles. The third-order valence-corrected chi connectivity index (χ3v) is 4.49. The Bertz CT molecular complexity index is 857. The summed E-state index contributed by atoms with van der Waals surface area (Å²) in [6, 6.07) is 18.4. The van der Waals surface area contributed by atoms with Crippen LogP contribution in [0.2, 0.25) is 0 Å². The van der Waals surface area contributed by atoms with E-state index in [1.807, 2.05) is 30.3 Å². The SMILES string of the molecule is NCCCC(N)CNC(=O)c1cc2ccc(Cc3ccccc3)cc2[nH]1. The molecule has 0 saturated heterocycles. The lowest BCUT2D eigenvalue weighted by Crippen LogP contribution is -2.37. The van der Waals surface area contributed by atoms with Crippen LogP contribution in [-0.2, 0) is 6.42 Å². The lowest BCUT2D eigenvalue weighted by molar-refractivity contribution is 0.0946. The molecule has 136 valence electrons. The molecule has 1 atom stereocenters. The van der Waals surface area contributed by atoms with Crippen molar-refractivity contribution in [2.45, 2.75) is 25.3 Å². The molecule has 1 amide bonds. The summed E-state index contributed by atoms with van der Waals surface area (Å²) >= 11 is 0. The van der Waals surface area contributed by atoms with Crippen LogP contribution in [0, 0.1) is 0 Å². The number of benzene rings is 2. The standard InChI is InChI=1S/C21H26N4O/c22-10-4-7-18(23)14-24-21(26)20-13-17-9-8-16(12-19(17)25-20)11-15-5-2-1-3-6-15/h1-3,5-6,8-9,12-13,18,25H,4,7,10-11,14,22-23H2,(H,24,26). The Balaban J connectivity index is 1.66. The van der Waals surface area contributed by atoms with Gasteiger partial charge in [0.2, 0.25) is 0 Å². The fraction of sp³-hybridized carbons (Fsp3) is 0.286. The van der Waals surface area contributed by atoms with E-state index in [1.165, 1.54) is 11.1 Å². The van der Waals surface area contributed by atoms with Gasteiger partial charge in [-0.05, 0) is 49.1 Å². The molecule has 1 heterocycles. The maximum Gasteiger partial charge on any atom is 0.267 e. The molecule has 2 aromatic carbocycles. The van der Waals surface area contributed by atoms with Crippen LogP contribution >= 0.6 is 0 Å². The highest BCUT2D eigenvalue weighted by Gasteiger charge is 2.11. The Hall–Kier alpha value is -2.63. The molecule has 0 aliphatic rings. The first-order valence-electron chi connectivity index (χ1n) is 9.05. The lowest BCUT2D eigenvalue weighted by atomic mass is 10.0. The zero-order chi connectivity index (χ0) is 18.4. The van der Waals surface area contributed by atoms with Crippen LogP contribution in [0.4, 0.5) is 0 Å².